The van der Waals surface area contributed by atoms with Crippen LogP contribution < -0.4 is 0 Å². The van der Waals surface area contributed by atoms with Gasteiger partial charge in [0, 0.05) is 39.6 Å². The summed E-state index contributed by atoms with van der Waals surface area (Å²) in [6, 6.07) is 0. The molecule has 0 fully saturated rings. The highest BCUT2D eigenvalue weighted by Gasteiger charge is 2.09. The number of rotatable bonds is 14. The first-order valence-electron chi connectivity index (χ1n) is 7.23. The minimum absolute atomic E-state index is 0.101. The molecule has 0 saturated carbocycles. The van der Waals surface area contributed by atoms with Crippen molar-refractivity contribution >= 4 is 7.82 Å². The Kier molecular flexibility index (Phi) is 19.9. The van der Waals surface area contributed by atoms with Gasteiger partial charge in [0.1, 0.15) is 6.10 Å². The summed E-state index contributed by atoms with van der Waals surface area (Å²) in [5.41, 5.74) is 0. The van der Waals surface area contributed by atoms with Crippen LogP contribution in [0, 0.1) is 0 Å². The SMILES string of the molecule is O=P(O)(O)O.OCCCOCC(COCCCO)OCCCO. The normalized spacial score (nSPS) is 11.4. The van der Waals surface area contributed by atoms with Gasteiger partial charge in [0.05, 0.1) is 13.2 Å². The Labute approximate surface area is 135 Å². The van der Waals surface area contributed by atoms with E-state index in [4.69, 9.17) is 48.8 Å². The quantitative estimate of drug-likeness (QED) is 0.160. The molecule has 0 unspecified atom stereocenters. The Morgan fingerprint density at radius 3 is 1.43 bits per heavy atom. The molecule has 0 aromatic heterocycles. The summed E-state index contributed by atoms with van der Waals surface area (Å²) in [5, 5.41) is 25.9. The van der Waals surface area contributed by atoms with Crippen molar-refractivity contribution in [3.05, 3.63) is 0 Å². The predicted octanol–water partition coefficient (Wildman–Crippen LogP) is -1.38. The predicted molar refractivity (Wildman–Crippen MR) is 80.7 cm³/mol. The maximum atomic E-state index is 8.88. The summed E-state index contributed by atoms with van der Waals surface area (Å²) in [6.45, 7) is 2.60. The Morgan fingerprint density at radius 1 is 0.739 bits per heavy atom. The van der Waals surface area contributed by atoms with E-state index in [2.05, 4.69) is 0 Å². The van der Waals surface area contributed by atoms with Crippen molar-refractivity contribution in [1.82, 2.24) is 0 Å². The van der Waals surface area contributed by atoms with Gasteiger partial charge in [-0.2, -0.15) is 0 Å². The molecular weight excluding hydrogens is 335 g/mol. The fourth-order valence-corrected chi connectivity index (χ4v) is 1.22. The fraction of sp³-hybridized carbons (Fsp3) is 1.00. The zero-order valence-corrected chi connectivity index (χ0v) is 14.0. The van der Waals surface area contributed by atoms with Crippen LogP contribution >= 0.6 is 7.82 Å². The van der Waals surface area contributed by atoms with E-state index in [9.17, 15) is 0 Å². The lowest BCUT2D eigenvalue weighted by molar-refractivity contribution is -0.0644. The molecule has 0 bridgehead atoms. The van der Waals surface area contributed by atoms with Gasteiger partial charge in [-0.25, -0.2) is 4.57 Å². The lowest BCUT2D eigenvalue weighted by atomic mass is 10.4. The molecule has 23 heavy (non-hydrogen) atoms. The van der Waals surface area contributed by atoms with Crippen LogP contribution in [0.2, 0.25) is 0 Å². The Hall–Kier alpha value is -0.130. The van der Waals surface area contributed by atoms with E-state index >= 15 is 0 Å². The van der Waals surface area contributed by atoms with Crippen LogP contribution in [0.3, 0.4) is 0 Å². The topological polar surface area (TPSA) is 166 Å². The van der Waals surface area contributed by atoms with Gasteiger partial charge in [-0.1, -0.05) is 0 Å². The second-order valence-electron chi connectivity index (χ2n) is 4.39. The van der Waals surface area contributed by atoms with E-state index in [1.165, 1.54) is 0 Å². The van der Waals surface area contributed by atoms with E-state index in [0.717, 1.165) is 0 Å². The molecule has 6 N–H and O–H groups in total. The molecule has 10 nitrogen and oxygen atoms in total. The first-order valence-corrected chi connectivity index (χ1v) is 8.79. The van der Waals surface area contributed by atoms with Crippen LogP contribution in [0.25, 0.3) is 0 Å². The molecule has 0 aliphatic heterocycles. The van der Waals surface area contributed by atoms with Crippen molar-refractivity contribution in [3.8, 4) is 0 Å². The summed E-state index contributed by atoms with van der Waals surface area (Å²) < 4.78 is 25.1. The van der Waals surface area contributed by atoms with Gasteiger partial charge in [-0.15, -0.1) is 0 Å². The zero-order chi connectivity index (χ0) is 18.0. The zero-order valence-electron chi connectivity index (χ0n) is 13.1. The number of aliphatic hydroxyl groups is 3. The van der Waals surface area contributed by atoms with Gasteiger partial charge < -0.3 is 44.2 Å². The average Bonchev–Trinajstić information content (AvgIpc) is 2.46. The maximum absolute atomic E-state index is 8.88. The minimum Gasteiger partial charge on any atom is -0.396 e. The van der Waals surface area contributed by atoms with E-state index < -0.39 is 7.82 Å². The van der Waals surface area contributed by atoms with Gasteiger partial charge in [-0.05, 0) is 19.3 Å². The standard InChI is InChI=1S/C12H26O6.H3O4P/c13-4-1-7-16-10-12(18-9-3-6-15)11-17-8-2-5-14;1-5(2,3)4/h12-15H,1-11H2;(H3,1,2,3,4). The molecule has 0 saturated heterocycles. The molecule has 0 aromatic rings. The number of hydrogen-bond acceptors (Lipinski definition) is 7. The van der Waals surface area contributed by atoms with Crippen molar-refractivity contribution in [2.24, 2.45) is 0 Å². The second-order valence-corrected chi connectivity index (χ2v) is 5.41. The monoisotopic (exact) mass is 364 g/mol. The highest BCUT2D eigenvalue weighted by Crippen LogP contribution is 2.25. The Balaban J connectivity index is 0. The number of phosphoric acid groups is 1. The first-order chi connectivity index (χ1) is 10.8. The number of aliphatic hydroxyl groups excluding tert-OH is 3. The fourth-order valence-electron chi connectivity index (χ4n) is 1.22. The van der Waals surface area contributed by atoms with Crippen molar-refractivity contribution in [1.29, 1.82) is 0 Å². The van der Waals surface area contributed by atoms with Gasteiger partial charge in [0.2, 0.25) is 0 Å². The Bertz CT molecular complexity index is 252. The first kappa shape index (κ1) is 25.1. The third-order valence-electron chi connectivity index (χ3n) is 2.16. The number of hydrogen-bond donors (Lipinski definition) is 6. The Morgan fingerprint density at radius 2 is 1.09 bits per heavy atom. The third kappa shape index (κ3) is 30.3. The van der Waals surface area contributed by atoms with Crippen molar-refractivity contribution in [2.45, 2.75) is 25.4 Å². The van der Waals surface area contributed by atoms with E-state index in [1.54, 1.807) is 0 Å². The summed E-state index contributed by atoms with van der Waals surface area (Å²) >= 11 is 0. The van der Waals surface area contributed by atoms with Gasteiger partial charge in [0.25, 0.3) is 0 Å². The third-order valence-corrected chi connectivity index (χ3v) is 2.16. The van der Waals surface area contributed by atoms with Gasteiger partial charge >= 0.3 is 7.82 Å². The molecule has 0 amide bonds. The molecule has 0 rings (SSSR count). The molecule has 142 valence electrons. The lowest BCUT2D eigenvalue weighted by Crippen LogP contribution is -2.27. The molecule has 0 radical (unpaired) electrons. The van der Waals surface area contributed by atoms with Crippen LogP contribution in [-0.4, -0.2) is 89.0 Å². The molecule has 0 atom stereocenters. The largest absolute Gasteiger partial charge is 0.466 e. The highest BCUT2D eigenvalue weighted by atomic mass is 31.2. The highest BCUT2D eigenvalue weighted by molar-refractivity contribution is 7.45. The summed E-state index contributed by atoms with van der Waals surface area (Å²) in [7, 11) is -4.64. The molecule has 0 spiro atoms. The summed E-state index contributed by atoms with van der Waals surface area (Å²) in [6.07, 6.45) is 1.63. The van der Waals surface area contributed by atoms with E-state index in [1.807, 2.05) is 0 Å². The molecule has 0 heterocycles. The van der Waals surface area contributed by atoms with Crippen LogP contribution in [-0.2, 0) is 18.8 Å². The van der Waals surface area contributed by atoms with Crippen LogP contribution in [0.15, 0.2) is 0 Å². The smallest absolute Gasteiger partial charge is 0.396 e. The average molecular weight is 364 g/mol. The minimum atomic E-state index is -4.64. The van der Waals surface area contributed by atoms with Crippen LogP contribution in [0.1, 0.15) is 19.3 Å². The van der Waals surface area contributed by atoms with Crippen molar-refractivity contribution in [3.63, 3.8) is 0 Å². The van der Waals surface area contributed by atoms with Crippen molar-refractivity contribution < 1.29 is 48.8 Å². The van der Waals surface area contributed by atoms with Gasteiger partial charge in [0.15, 0.2) is 0 Å². The molecule has 0 aliphatic carbocycles. The van der Waals surface area contributed by atoms with E-state index in [-0.39, 0.29) is 25.9 Å². The van der Waals surface area contributed by atoms with Crippen molar-refractivity contribution in [2.75, 3.05) is 52.9 Å². The van der Waals surface area contributed by atoms with E-state index in [0.29, 0.717) is 52.3 Å². The summed E-state index contributed by atoms with van der Waals surface area (Å²) in [5.74, 6) is 0. The molecule has 11 heteroatoms. The molecular formula is C12H29O10P. The lowest BCUT2D eigenvalue weighted by Gasteiger charge is -2.18. The summed E-state index contributed by atoms with van der Waals surface area (Å²) in [4.78, 5) is 21.6. The molecule has 0 aromatic carbocycles. The van der Waals surface area contributed by atoms with Crippen LogP contribution in [0.5, 0.6) is 0 Å². The molecule has 0 aliphatic rings. The van der Waals surface area contributed by atoms with Gasteiger partial charge in [-0.3, -0.25) is 0 Å². The van der Waals surface area contributed by atoms with Crippen LogP contribution in [0.4, 0.5) is 0 Å². The second kappa shape index (κ2) is 18.2. The maximum Gasteiger partial charge on any atom is 0.466 e. The number of ether oxygens (including phenoxy) is 3.